The van der Waals surface area contributed by atoms with Gasteiger partial charge in [-0.05, 0) is 18.9 Å². The van der Waals surface area contributed by atoms with Crippen molar-refractivity contribution in [1.29, 1.82) is 0 Å². The van der Waals surface area contributed by atoms with Gasteiger partial charge in [-0.3, -0.25) is 0 Å². The Kier molecular flexibility index (Phi) is 2.56. The van der Waals surface area contributed by atoms with Gasteiger partial charge in [-0.25, -0.2) is 4.39 Å². The van der Waals surface area contributed by atoms with E-state index < -0.39 is 0 Å². The summed E-state index contributed by atoms with van der Waals surface area (Å²) in [5, 5.41) is 0. The van der Waals surface area contributed by atoms with Gasteiger partial charge in [0.2, 0.25) is 0 Å². The number of halogens is 1. The molecule has 2 heterocycles. The molecule has 2 unspecified atom stereocenters. The van der Waals surface area contributed by atoms with Crippen LogP contribution in [0.15, 0.2) is 18.2 Å². The first-order valence-corrected chi connectivity index (χ1v) is 6.00. The van der Waals surface area contributed by atoms with E-state index in [9.17, 15) is 4.39 Å². The van der Waals surface area contributed by atoms with Crippen LogP contribution in [0.25, 0.3) is 0 Å². The highest BCUT2D eigenvalue weighted by Gasteiger charge is 2.41. The van der Waals surface area contributed by atoms with Crippen LogP contribution in [0.2, 0.25) is 0 Å². The fraction of sp³-hybridized carbons (Fsp3) is 0.538. The summed E-state index contributed by atoms with van der Waals surface area (Å²) in [4.78, 5) is 0. The number of hydrogen-bond donors (Lipinski definition) is 1. The van der Waals surface area contributed by atoms with Gasteiger partial charge in [-0.15, -0.1) is 0 Å². The van der Waals surface area contributed by atoms with E-state index in [1.165, 1.54) is 12.1 Å². The lowest BCUT2D eigenvalue weighted by molar-refractivity contribution is -0.0834. The normalized spacial score (nSPS) is 32.0. The monoisotopic (exact) mass is 237 g/mol. The van der Waals surface area contributed by atoms with Gasteiger partial charge in [0.15, 0.2) is 0 Å². The van der Waals surface area contributed by atoms with Crippen molar-refractivity contribution in [1.82, 2.24) is 0 Å². The number of rotatable bonds is 0. The second-order valence-corrected chi connectivity index (χ2v) is 4.93. The molecule has 3 rings (SSSR count). The Morgan fingerprint density at radius 1 is 1.41 bits per heavy atom. The Balaban J connectivity index is 1.95. The summed E-state index contributed by atoms with van der Waals surface area (Å²) in [6.45, 7) is 1.33. The maximum atomic E-state index is 13.2. The van der Waals surface area contributed by atoms with Crippen LogP contribution in [0, 0.1) is 5.82 Å². The first-order valence-electron chi connectivity index (χ1n) is 6.00. The first-order chi connectivity index (χ1) is 8.19. The summed E-state index contributed by atoms with van der Waals surface area (Å²) < 4.78 is 24.7. The second-order valence-electron chi connectivity index (χ2n) is 4.93. The molecular formula is C13H16FNO2. The predicted octanol–water partition coefficient (Wildman–Crippen LogP) is 2.16. The molecule has 1 aromatic rings. The van der Waals surface area contributed by atoms with Crippen LogP contribution in [0.1, 0.15) is 30.9 Å². The van der Waals surface area contributed by atoms with E-state index >= 15 is 0 Å². The Bertz CT molecular complexity index is 429. The fourth-order valence-electron chi connectivity index (χ4n) is 2.76. The van der Waals surface area contributed by atoms with Crippen molar-refractivity contribution < 1.29 is 13.9 Å². The molecule has 1 aromatic carbocycles. The molecular weight excluding hydrogens is 221 g/mol. The predicted molar refractivity (Wildman–Crippen MR) is 61.4 cm³/mol. The molecule has 2 aliphatic rings. The topological polar surface area (TPSA) is 44.5 Å². The molecule has 4 heteroatoms. The first kappa shape index (κ1) is 11.0. The minimum Gasteiger partial charge on any atom is -0.484 e. The molecule has 0 aliphatic carbocycles. The number of fused-ring (bicyclic) bond motifs is 1. The van der Waals surface area contributed by atoms with Gasteiger partial charge in [0, 0.05) is 30.7 Å². The molecule has 92 valence electrons. The van der Waals surface area contributed by atoms with E-state index in [1.807, 2.05) is 0 Å². The van der Waals surface area contributed by atoms with Crippen LogP contribution in [-0.4, -0.2) is 18.8 Å². The summed E-state index contributed by atoms with van der Waals surface area (Å²) in [6.07, 6.45) is 2.64. The Morgan fingerprint density at radius 2 is 2.29 bits per heavy atom. The summed E-state index contributed by atoms with van der Waals surface area (Å²) in [7, 11) is 0. The Labute approximate surface area is 99.7 Å². The Hall–Kier alpha value is -1.13. The molecule has 0 aromatic heterocycles. The standard InChI is InChI=1S/C13H16FNO2/c14-9-2-3-10-11(15)7-13(17-12(10)6-9)4-1-5-16-8-13/h2-3,6,11H,1,4-5,7-8,15H2. The van der Waals surface area contributed by atoms with Crippen molar-refractivity contribution in [3.8, 4) is 5.75 Å². The molecule has 0 saturated carbocycles. The largest absolute Gasteiger partial charge is 0.484 e. The zero-order valence-electron chi connectivity index (χ0n) is 9.62. The average Bonchev–Trinajstić information content (AvgIpc) is 2.29. The van der Waals surface area contributed by atoms with E-state index in [1.54, 1.807) is 6.07 Å². The smallest absolute Gasteiger partial charge is 0.134 e. The van der Waals surface area contributed by atoms with E-state index in [0.717, 1.165) is 31.4 Å². The maximum Gasteiger partial charge on any atom is 0.134 e. The summed E-state index contributed by atoms with van der Waals surface area (Å²) in [5.74, 6) is 0.291. The molecule has 0 amide bonds. The molecule has 2 N–H and O–H groups in total. The van der Waals surface area contributed by atoms with E-state index in [0.29, 0.717) is 12.4 Å². The van der Waals surface area contributed by atoms with Crippen LogP contribution >= 0.6 is 0 Å². The van der Waals surface area contributed by atoms with Crippen molar-refractivity contribution in [2.75, 3.05) is 13.2 Å². The van der Waals surface area contributed by atoms with Gasteiger partial charge in [0.05, 0.1) is 6.61 Å². The lowest BCUT2D eigenvalue weighted by Crippen LogP contribution is -2.49. The molecule has 1 saturated heterocycles. The highest BCUT2D eigenvalue weighted by atomic mass is 19.1. The maximum absolute atomic E-state index is 13.2. The average molecular weight is 237 g/mol. The van der Waals surface area contributed by atoms with Crippen molar-refractivity contribution >= 4 is 0 Å². The Morgan fingerprint density at radius 3 is 3.06 bits per heavy atom. The SMILES string of the molecule is NC1CC2(CCCOC2)Oc2cc(F)ccc21. The number of ether oxygens (including phenoxy) is 2. The van der Waals surface area contributed by atoms with Gasteiger partial charge in [-0.2, -0.15) is 0 Å². The van der Waals surface area contributed by atoms with Crippen LogP contribution < -0.4 is 10.5 Å². The number of hydrogen-bond acceptors (Lipinski definition) is 3. The lowest BCUT2D eigenvalue weighted by atomic mass is 9.84. The summed E-state index contributed by atoms with van der Waals surface area (Å²) in [6, 6.07) is 4.47. The molecule has 1 spiro atoms. The van der Waals surface area contributed by atoms with Gasteiger partial charge >= 0.3 is 0 Å². The molecule has 17 heavy (non-hydrogen) atoms. The van der Waals surface area contributed by atoms with Crippen molar-refractivity contribution in [3.05, 3.63) is 29.6 Å². The van der Waals surface area contributed by atoms with Crippen LogP contribution in [0.4, 0.5) is 4.39 Å². The van der Waals surface area contributed by atoms with Crippen molar-refractivity contribution in [2.24, 2.45) is 5.73 Å². The molecule has 1 fully saturated rings. The highest BCUT2D eigenvalue weighted by Crippen LogP contribution is 2.42. The van der Waals surface area contributed by atoms with Crippen molar-refractivity contribution in [3.63, 3.8) is 0 Å². The summed E-state index contributed by atoms with van der Waals surface area (Å²) in [5.41, 5.74) is 6.69. The third-order valence-electron chi connectivity index (χ3n) is 3.58. The molecule has 3 nitrogen and oxygen atoms in total. The van der Waals surface area contributed by atoms with Crippen LogP contribution in [0.5, 0.6) is 5.75 Å². The van der Waals surface area contributed by atoms with Gasteiger partial charge < -0.3 is 15.2 Å². The zero-order chi connectivity index (χ0) is 11.9. The fourth-order valence-corrected chi connectivity index (χ4v) is 2.76. The third kappa shape index (κ3) is 1.91. The van der Waals surface area contributed by atoms with Crippen LogP contribution in [0.3, 0.4) is 0 Å². The molecule has 2 atom stereocenters. The molecule has 0 bridgehead atoms. The van der Waals surface area contributed by atoms with Gasteiger partial charge in [0.1, 0.15) is 17.2 Å². The van der Waals surface area contributed by atoms with E-state index in [2.05, 4.69) is 0 Å². The van der Waals surface area contributed by atoms with Gasteiger partial charge in [0.25, 0.3) is 0 Å². The minimum absolute atomic E-state index is 0.0963. The summed E-state index contributed by atoms with van der Waals surface area (Å²) >= 11 is 0. The third-order valence-corrected chi connectivity index (χ3v) is 3.58. The molecule has 2 aliphatic heterocycles. The van der Waals surface area contributed by atoms with E-state index in [4.69, 9.17) is 15.2 Å². The van der Waals surface area contributed by atoms with E-state index in [-0.39, 0.29) is 17.5 Å². The van der Waals surface area contributed by atoms with Crippen LogP contribution in [-0.2, 0) is 4.74 Å². The second kappa shape index (κ2) is 3.96. The van der Waals surface area contributed by atoms with Crippen molar-refractivity contribution in [2.45, 2.75) is 30.9 Å². The lowest BCUT2D eigenvalue weighted by Gasteiger charge is -2.43. The van der Waals surface area contributed by atoms with Gasteiger partial charge in [-0.1, -0.05) is 6.07 Å². The quantitative estimate of drug-likeness (QED) is 0.752. The highest BCUT2D eigenvalue weighted by molar-refractivity contribution is 5.39. The zero-order valence-corrected chi connectivity index (χ0v) is 9.62. The number of nitrogens with two attached hydrogens (primary N) is 1. The molecule has 0 radical (unpaired) electrons. The minimum atomic E-state index is -0.349. The number of benzene rings is 1.